The number of aromatic amines is 1. The summed E-state index contributed by atoms with van der Waals surface area (Å²) in [6, 6.07) is 6.08. The molecule has 1 aromatic carbocycles. The Kier molecular flexibility index (Phi) is 8.18. The summed E-state index contributed by atoms with van der Waals surface area (Å²) in [6.45, 7) is 11.4. The molecule has 2 aromatic heterocycles. The van der Waals surface area contributed by atoms with E-state index in [0.29, 0.717) is 80.6 Å². The van der Waals surface area contributed by atoms with Gasteiger partial charge in [-0.25, -0.2) is 13.8 Å². The van der Waals surface area contributed by atoms with E-state index in [1.54, 1.807) is 6.92 Å². The van der Waals surface area contributed by atoms with E-state index >= 15 is 4.39 Å². The van der Waals surface area contributed by atoms with Crippen molar-refractivity contribution in [1.29, 1.82) is 0 Å². The third-order valence-electron chi connectivity index (χ3n) is 10.9. The molecule has 1 spiro atoms. The maximum Gasteiger partial charge on any atom is 0.232 e. The molecule has 7 rings (SSSR count). The van der Waals surface area contributed by atoms with Crippen LogP contribution in [-0.4, -0.2) is 66.4 Å². The van der Waals surface area contributed by atoms with Gasteiger partial charge in [-0.05, 0) is 31.5 Å². The first kappa shape index (κ1) is 31.6. The number of pyridine rings is 1. The number of nitrogens with one attached hydrogen (secondary N) is 2. The lowest BCUT2D eigenvalue weighted by molar-refractivity contribution is -0.916. The normalized spacial score (nSPS) is 26.5. The van der Waals surface area contributed by atoms with Gasteiger partial charge < -0.3 is 23.7 Å². The van der Waals surface area contributed by atoms with E-state index in [0.717, 1.165) is 35.9 Å². The quantitative estimate of drug-likeness (QED) is 0.449. The summed E-state index contributed by atoms with van der Waals surface area (Å²) >= 11 is 6.63. The third-order valence-corrected chi connectivity index (χ3v) is 11.3. The van der Waals surface area contributed by atoms with Crippen LogP contribution in [0.3, 0.4) is 0 Å². The van der Waals surface area contributed by atoms with Crippen molar-refractivity contribution in [2.45, 2.75) is 82.5 Å². The Hall–Kier alpha value is -2.99. The molecule has 4 aliphatic heterocycles. The minimum Gasteiger partial charge on any atom is -0.425 e. The summed E-state index contributed by atoms with van der Waals surface area (Å²) in [5.41, 5.74) is 1.89. The number of halogens is 3. The standard InChI is InChI=1S/C34H40ClF2N5O4/c1-19-27(35)16-24-29(38-19)34(46-30(24)33(3,4)32-40-39-20(2)45-32)9-11-41(12-10-34)31(43)26-18-42(22-7-13-44-14-8-22)17-25(26)23-6-5-21(36)15-28(23)37/h5-6,15-16,22,25-26,30H,7-14,17-18H2,1-4H3/p+2/t25-,26?,30-/m0/s1. The van der Waals surface area contributed by atoms with Gasteiger partial charge in [0, 0.05) is 58.7 Å². The Morgan fingerprint density at radius 2 is 1.83 bits per heavy atom. The summed E-state index contributed by atoms with van der Waals surface area (Å²) in [4.78, 5) is 21.1. The van der Waals surface area contributed by atoms with Gasteiger partial charge in [-0.1, -0.05) is 17.7 Å². The van der Waals surface area contributed by atoms with Crippen LogP contribution in [0.5, 0.6) is 0 Å². The van der Waals surface area contributed by atoms with Crippen molar-refractivity contribution >= 4 is 17.5 Å². The number of quaternary nitrogens is 1. The second-order valence-corrected chi connectivity index (χ2v) is 14.5. The Balaban J connectivity index is 1.14. The van der Waals surface area contributed by atoms with Gasteiger partial charge in [0.25, 0.3) is 0 Å². The van der Waals surface area contributed by atoms with Gasteiger partial charge in [-0.15, -0.1) is 10.2 Å². The lowest BCUT2D eigenvalue weighted by Gasteiger charge is -2.39. The minimum atomic E-state index is -0.657. The smallest absolute Gasteiger partial charge is 0.232 e. The molecule has 3 fully saturated rings. The summed E-state index contributed by atoms with van der Waals surface area (Å²) in [5, 5.41) is 8.99. The topological polar surface area (TPSA) is 96.3 Å². The fourth-order valence-corrected chi connectivity index (χ4v) is 8.39. The number of carbonyl (C=O) groups is 1. The Labute approximate surface area is 272 Å². The fourth-order valence-electron chi connectivity index (χ4n) is 8.22. The SMILES string of the molecule is Cc1nnc(C(C)(C)[C@H]2OC3(CCN(C(=O)C4C[NH+](C5CCOCC5)C[C@H]4c4ccc(F)cc4F)CC3)c3[nH+]c(C)c(Cl)cc32)o1. The number of ether oxygens (including phenoxy) is 2. The molecular weight excluding hydrogens is 616 g/mol. The number of hydrogen-bond acceptors (Lipinski definition) is 6. The molecule has 0 saturated carbocycles. The highest BCUT2D eigenvalue weighted by Gasteiger charge is 2.58. The van der Waals surface area contributed by atoms with Crippen molar-refractivity contribution in [2.75, 3.05) is 39.4 Å². The van der Waals surface area contributed by atoms with Crippen molar-refractivity contribution in [2.24, 2.45) is 5.92 Å². The van der Waals surface area contributed by atoms with Gasteiger partial charge in [0.05, 0.1) is 55.2 Å². The molecule has 0 aliphatic carbocycles. The van der Waals surface area contributed by atoms with Crippen molar-refractivity contribution < 1.29 is 37.4 Å². The average Bonchev–Trinajstić information content (AvgIpc) is 3.75. The van der Waals surface area contributed by atoms with Crippen molar-refractivity contribution in [1.82, 2.24) is 15.1 Å². The molecule has 0 bridgehead atoms. The molecule has 246 valence electrons. The number of H-pyrrole nitrogens is 1. The van der Waals surface area contributed by atoms with Crippen LogP contribution in [0.1, 0.15) is 85.8 Å². The van der Waals surface area contributed by atoms with Gasteiger partial charge in [-0.2, -0.15) is 0 Å². The van der Waals surface area contributed by atoms with Crippen LogP contribution in [0.2, 0.25) is 5.02 Å². The Morgan fingerprint density at radius 3 is 2.50 bits per heavy atom. The number of nitrogens with zero attached hydrogens (tertiary/aromatic N) is 3. The number of piperidine rings is 1. The molecule has 46 heavy (non-hydrogen) atoms. The highest BCUT2D eigenvalue weighted by molar-refractivity contribution is 6.31. The van der Waals surface area contributed by atoms with Crippen LogP contribution in [0, 0.1) is 31.4 Å². The second kappa shape index (κ2) is 11.9. The third kappa shape index (κ3) is 5.42. The fraction of sp³-hybridized carbons (Fsp3) is 0.588. The average molecular weight is 658 g/mol. The van der Waals surface area contributed by atoms with Gasteiger partial charge in [0.2, 0.25) is 23.4 Å². The van der Waals surface area contributed by atoms with Gasteiger partial charge in [-0.3, -0.25) is 4.79 Å². The first-order chi connectivity index (χ1) is 22.0. The number of likely N-dealkylation sites (tertiary alicyclic amines) is 2. The zero-order valence-corrected chi connectivity index (χ0v) is 27.6. The highest BCUT2D eigenvalue weighted by Crippen LogP contribution is 2.54. The molecule has 4 atom stereocenters. The van der Waals surface area contributed by atoms with Crippen LogP contribution in [0.4, 0.5) is 8.78 Å². The van der Waals surface area contributed by atoms with E-state index < -0.39 is 34.7 Å². The van der Waals surface area contributed by atoms with Crippen LogP contribution in [0.25, 0.3) is 0 Å². The van der Waals surface area contributed by atoms with Gasteiger partial charge >= 0.3 is 0 Å². The molecule has 12 heteroatoms. The zero-order valence-electron chi connectivity index (χ0n) is 26.8. The van der Waals surface area contributed by atoms with Gasteiger partial charge in [0.1, 0.15) is 22.8 Å². The predicted molar refractivity (Wildman–Crippen MR) is 163 cm³/mol. The highest BCUT2D eigenvalue weighted by atomic mass is 35.5. The van der Waals surface area contributed by atoms with Crippen LogP contribution in [0.15, 0.2) is 28.7 Å². The Morgan fingerprint density at radius 1 is 1.09 bits per heavy atom. The summed E-state index contributed by atoms with van der Waals surface area (Å²) in [7, 11) is 0. The lowest BCUT2D eigenvalue weighted by atomic mass is 9.81. The lowest BCUT2D eigenvalue weighted by Crippen LogP contribution is -3.14. The molecule has 4 aliphatic rings. The number of aryl methyl sites for hydroxylation is 2. The van der Waals surface area contributed by atoms with Crippen LogP contribution in [-0.2, 0) is 25.3 Å². The minimum absolute atomic E-state index is 0.0262. The molecule has 6 heterocycles. The molecule has 3 aromatic rings. The zero-order chi connectivity index (χ0) is 32.4. The number of amides is 1. The molecule has 0 radical (unpaired) electrons. The van der Waals surface area contributed by atoms with Crippen molar-refractivity contribution in [3.8, 4) is 0 Å². The second-order valence-electron chi connectivity index (χ2n) is 14.1. The molecule has 2 N–H and O–H groups in total. The summed E-state index contributed by atoms with van der Waals surface area (Å²) in [5.74, 6) is -0.927. The molecule has 9 nitrogen and oxygen atoms in total. The Bertz CT molecular complexity index is 1640. The van der Waals surface area contributed by atoms with Crippen molar-refractivity contribution in [3.63, 3.8) is 0 Å². The number of carbonyl (C=O) groups excluding carboxylic acids is 1. The van der Waals surface area contributed by atoms with E-state index in [1.807, 2.05) is 31.7 Å². The number of fused-ring (bicyclic) bond motifs is 2. The van der Waals surface area contributed by atoms with E-state index in [2.05, 4.69) is 15.2 Å². The number of benzene rings is 1. The largest absolute Gasteiger partial charge is 0.425 e. The maximum atomic E-state index is 15.2. The molecule has 2 unspecified atom stereocenters. The van der Waals surface area contributed by atoms with E-state index in [4.69, 9.17) is 25.5 Å². The van der Waals surface area contributed by atoms with Gasteiger partial charge in [0.15, 0.2) is 11.3 Å². The number of hydrogen-bond donors (Lipinski definition) is 1. The van der Waals surface area contributed by atoms with E-state index in [1.165, 1.54) is 17.0 Å². The summed E-state index contributed by atoms with van der Waals surface area (Å²) < 4.78 is 47.5. The first-order valence-corrected chi connectivity index (χ1v) is 16.7. The summed E-state index contributed by atoms with van der Waals surface area (Å²) in [6.07, 6.45) is 2.59. The molecule has 1 amide bonds. The number of rotatable bonds is 5. The number of aromatic nitrogens is 3. The maximum absolute atomic E-state index is 15.2. The molecular formula is C34H42ClF2N5O4+2. The monoisotopic (exact) mass is 657 g/mol. The van der Waals surface area contributed by atoms with E-state index in [-0.39, 0.29) is 11.8 Å². The molecule has 3 saturated heterocycles. The predicted octanol–water partition coefficient (Wildman–Crippen LogP) is 3.78. The van der Waals surface area contributed by atoms with Crippen LogP contribution < -0.4 is 9.88 Å². The first-order valence-electron chi connectivity index (χ1n) is 16.3. The van der Waals surface area contributed by atoms with E-state index in [9.17, 15) is 9.18 Å². The van der Waals surface area contributed by atoms with Crippen molar-refractivity contribution in [3.05, 3.63) is 75.2 Å². The van der Waals surface area contributed by atoms with Crippen LogP contribution >= 0.6 is 11.6 Å².